The molecule has 0 amide bonds. The summed E-state index contributed by atoms with van der Waals surface area (Å²) in [6, 6.07) is 18.9. The average molecular weight is 450 g/mol. The van der Waals surface area contributed by atoms with Gasteiger partial charge in [-0.3, -0.25) is 0 Å². The Bertz CT molecular complexity index is 1160. The lowest BCUT2D eigenvalue weighted by Gasteiger charge is -2.37. The van der Waals surface area contributed by atoms with Crippen LogP contribution in [-0.4, -0.2) is 28.3 Å². The zero-order valence-electron chi connectivity index (χ0n) is 18.8. The first kappa shape index (κ1) is 22.8. The summed E-state index contributed by atoms with van der Waals surface area (Å²) >= 11 is 0. The van der Waals surface area contributed by atoms with E-state index in [4.69, 9.17) is 4.74 Å². The summed E-state index contributed by atoms with van der Waals surface area (Å²) in [6.07, 6.45) is 0.637. The molecule has 0 bridgehead atoms. The fourth-order valence-corrected chi connectivity index (χ4v) is 4.64. The molecule has 1 aliphatic heterocycles. The Morgan fingerprint density at radius 1 is 1.06 bits per heavy atom. The topological polar surface area (TPSA) is 78.8 Å². The molecule has 0 aromatic heterocycles. The Morgan fingerprint density at radius 3 is 2.58 bits per heavy atom. The molecule has 1 atom stereocenters. The number of aromatic hydroxyl groups is 1. The van der Waals surface area contributed by atoms with E-state index < -0.39 is 16.8 Å². The highest BCUT2D eigenvalue weighted by Gasteiger charge is 2.37. The van der Waals surface area contributed by atoms with Gasteiger partial charge < -0.3 is 20.3 Å². The maximum Gasteiger partial charge on any atom is 0.338 e. The Balaban J connectivity index is 1.59. The van der Waals surface area contributed by atoms with E-state index in [-0.39, 0.29) is 31.3 Å². The Labute approximate surface area is 192 Å². The number of anilines is 1. The number of ether oxygens (including phenoxy) is 1. The summed E-state index contributed by atoms with van der Waals surface area (Å²) in [6.45, 7) is 4.23. The van der Waals surface area contributed by atoms with Crippen LogP contribution in [-0.2, 0) is 23.2 Å². The van der Waals surface area contributed by atoms with E-state index in [1.54, 1.807) is 12.1 Å². The van der Waals surface area contributed by atoms with Crippen molar-refractivity contribution in [3.8, 4) is 5.75 Å². The van der Waals surface area contributed by atoms with Gasteiger partial charge in [0.2, 0.25) is 0 Å². The van der Waals surface area contributed by atoms with Crippen molar-refractivity contribution in [3.63, 3.8) is 0 Å². The van der Waals surface area contributed by atoms with Crippen molar-refractivity contribution >= 4 is 11.7 Å². The molecular formula is C27H28FNO4. The van der Waals surface area contributed by atoms with Crippen molar-refractivity contribution in [1.82, 2.24) is 0 Å². The van der Waals surface area contributed by atoms with Crippen molar-refractivity contribution in [2.45, 2.75) is 44.3 Å². The smallest absolute Gasteiger partial charge is 0.338 e. The van der Waals surface area contributed by atoms with Crippen molar-refractivity contribution in [3.05, 3.63) is 94.8 Å². The first-order valence-corrected chi connectivity index (χ1v) is 10.9. The molecule has 172 valence electrons. The van der Waals surface area contributed by atoms with E-state index in [0.29, 0.717) is 17.5 Å². The summed E-state index contributed by atoms with van der Waals surface area (Å²) < 4.78 is 19.0. The van der Waals surface area contributed by atoms with Gasteiger partial charge >= 0.3 is 5.97 Å². The van der Waals surface area contributed by atoms with Crippen LogP contribution in [0.3, 0.4) is 0 Å². The predicted octanol–water partition coefficient (Wildman–Crippen LogP) is 4.96. The van der Waals surface area contributed by atoms with Crippen molar-refractivity contribution < 1.29 is 24.1 Å². The highest BCUT2D eigenvalue weighted by Crippen LogP contribution is 2.39. The molecule has 0 spiro atoms. The molecule has 1 heterocycles. The number of hydrogen-bond acceptors (Lipinski definition) is 5. The van der Waals surface area contributed by atoms with Gasteiger partial charge in [0.25, 0.3) is 0 Å². The number of hydrogen-bond donors (Lipinski definition) is 3. The normalized spacial score (nSPS) is 15.0. The lowest BCUT2D eigenvalue weighted by molar-refractivity contribution is 0.0253. The van der Waals surface area contributed by atoms with Gasteiger partial charge in [-0.05, 0) is 53.8 Å². The second-order valence-electron chi connectivity index (χ2n) is 9.41. The van der Waals surface area contributed by atoms with Crippen LogP contribution in [0.15, 0.2) is 66.7 Å². The minimum absolute atomic E-state index is 0.000269. The Kier molecular flexibility index (Phi) is 6.13. The summed E-state index contributed by atoms with van der Waals surface area (Å²) in [4.78, 5) is 11.7. The summed E-state index contributed by atoms with van der Waals surface area (Å²) in [5.74, 6) is -0.760. The molecule has 3 N–H and O–H groups in total. The number of phenolic OH excluding ortho intramolecular Hbond substituents is 1. The largest absolute Gasteiger partial charge is 0.508 e. The highest BCUT2D eigenvalue weighted by molar-refractivity contribution is 5.93. The summed E-state index contributed by atoms with van der Waals surface area (Å²) in [5.41, 5.74) is 1.62. The number of halogens is 1. The molecule has 5 nitrogen and oxygen atoms in total. The highest BCUT2D eigenvalue weighted by atomic mass is 19.1. The first-order valence-electron chi connectivity index (χ1n) is 10.9. The minimum Gasteiger partial charge on any atom is -0.508 e. The molecule has 33 heavy (non-hydrogen) atoms. The van der Waals surface area contributed by atoms with Gasteiger partial charge in [-0.25, -0.2) is 9.18 Å². The molecule has 0 radical (unpaired) electrons. The van der Waals surface area contributed by atoms with Gasteiger partial charge in [0.1, 0.15) is 18.2 Å². The second-order valence-corrected chi connectivity index (χ2v) is 9.41. The summed E-state index contributed by atoms with van der Waals surface area (Å²) in [5, 5.41) is 25.5. The number of rotatable bonds is 8. The van der Waals surface area contributed by atoms with Crippen LogP contribution in [0.4, 0.5) is 10.1 Å². The van der Waals surface area contributed by atoms with Gasteiger partial charge in [-0.1, -0.05) is 44.2 Å². The molecule has 6 heteroatoms. The number of phenols is 1. The number of fused-ring (bicyclic) bond motifs is 1. The molecule has 1 unspecified atom stereocenters. The van der Waals surface area contributed by atoms with E-state index in [9.17, 15) is 19.4 Å². The molecule has 0 saturated heterocycles. The van der Waals surface area contributed by atoms with Crippen molar-refractivity contribution in [1.29, 1.82) is 0 Å². The van der Waals surface area contributed by atoms with Crippen LogP contribution >= 0.6 is 0 Å². The first-order chi connectivity index (χ1) is 15.7. The van der Waals surface area contributed by atoms with Crippen LogP contribution in [0.1, 0.15) is 47.3 Å². The Hall–Kier alpha value is -3.38. The van der Waals surface area contributed by atoms with Gasteiger partial charge in [0.15, 0.2) is 0 Å². The predicted molar refractivity (Wildman–Crippen MR) is 125 cm³/mol. The lowest BCUT2D eigenvalue weighted by atomic mass is 9.73. The standard InChI is InChI=1S/C27H28FNO4/c1-26(2,23-13-20(28)8-11-24(23)30)16-27(32,14-18-6-4-3-5-7-18)17-29-21-9-10-22-19(12-21)15-33-25(22)31/h3-13,29-30,32H,14-17H2,1-2H3. The van der Waals surface area contributed by atoms with Crippen molar-refractivity contribution in [2.24, 2.45) is 0 Å². The maximum absolute atomic E-state index is 13.9. The molecule has 4 rings (SSSR count). The number of aliphatic hydroxyl groups is 1. The summed E-state index contributed by atoms with van der Waals surface area (Å²) in [7, 11) is 0. The number of carbonyl (C=O) groups excluding carboxylic acids is 1. The average Bonchev–Trinajstić information content (AvgIpc) is 3.14. The van der Waals surface area contributed by atoms with E-state index in [2.05, 4.69) is 5.32 Å². The third kappa shape index (κ3) is 5.17. The van der Waals surface area contributed by atoms with E-state index in [1.165, 1.54) is 18.2 Å². The third-order valence-electron chi connectivity index (χ3n) is 6.14. The molecule has 3 aromatic carbocycles. The van der Waals surface area contributed by atoms with Gasteiger partial charge in [-0.2, -0.15) is 0 Å². The SMILES string of the molecule is CC(C)(CC(O)(CNc1ccc2c(c1)COC2=O)Cc1ccccc1)c1cc(F)ccc1O. The number of nitrogens with one attached hydrogen (secondary N) is 1. The Morgan fingerprint density at radius 2 is 1.82 bits per heavy atom. The van der Waals surface area contributed by atoms with Crippen LogP contribution < -0.4 is 5.32 Å². The number of carbonyl (C=O) groups is 1. The quantitative estimate of drug-likeness (QED) is 0.424. The monoisotopic (exact) mass is 449 g/mol. The van der Waals surface area contributed by atoms with Gasteiger partial charge in [-0.15, -0.1) is 0 Å². The van der Waals surface area contributed by atoms with E-state index >= 15 is 0 Å². The zero-order valence-corrected chi connectivity index (χ0v) is 18.8. The van der Waals surface area contributed by atoms with Gasteiger partial charge in [0.05, 0.1) is 11.2 Å². The minimum atomic E-state index is -1.21. The maximum atomic E-state index is 13.9. The van der Waals surface area contributed by atoms with Crippen LogP contribution in [0.2, 0.25) is 0 Å². The van der Waals surface area contributed by atoms with E-state index in [0.717, 1.165) is 16.8 Å². The number of benzene rings is 3. The number of esters is 1. The molecular weight excluding hydrogens is 421 g/mol. The molecule has 1 aliphatic rings. The third-order valence-corrected chi connectivity index (χ3v) is 6.14. The van der Waals surface area contributed by atoms with Crippen LogP contribution in [0.25, 0.3) is 0 Å². The fourth-order valence-electron chi connectivity index (χ4n) is 4.64. The molecule has 0 fully saturated rings. The van der Waals surface area contributed by atoms with Gasteiger partial charge in [0, 0.05) is 29.8 Å². The molecule has 0 saturated carbocycles. The number of cyclic esters (lactones) is 1. The lowest BCUT2D eigenvalue weighted by Crippen LogP contribution is -2.44. The second kappa shape index (κ2) is 8.87. The van der Waals surface area contributed by atoms with E-state index in [1.807, 2.05) is 50.2 Å². The zero-order chi connectivity index (χ0) is 23.6. The molecule has 3 aromatic rings. The van der Waals surface area contributed by atoms with Crippen molar-refractivity contribution in [2.75, 3.05) is 11.9 Å². The molecule has 0 aliphatic carbocycles. The van der Waals surface area contributed by atoms with Crippen LogP contribution in [0, 0.1) is 5.82 Å². The van der Waals surface area contributed by atoms with Crippen LogP contribution in [0.5, 0.6) is 5.75 Å². The fraction of sp³-hybridized carbons (Fsp3) is 0.296.